The summed E-state index contributed by atoms with van der Waals surface area (Å²) in [6.45, 7) is 17.2. The van der Waals surface area contributed by atoms with Crippen LogP contribution in [-0.2, 0) is 9.98 Å². The fourth-order valence-electron chi connectivity index (χ4n) is 4.74. The van der Waals surface area contributed by atoms with Crippen LogP contribution in [-0.4, -0.2) is 11.9 Å². The summed E-state index contributed by atoms with van der Waals surface area (Å²) in [5.74, 6) is 0.222. The van der Waals surface area contributed by atoms with E-state index in [-0.39, 0.29) is 36.9 Å². The Labute approximate surface area is 184 Å². The van der Waals surface area contributed by atoms with Gasteiger partial charge in [0.25, 0.3) is 0 Å². The second kappa shape index (κ2) is 9.56. The van der Waals surface area contributed by atoms with Crippen LogP contribution in [0.25, 0.3) is 0 Å². The summed E-state index contributed by atoms with van der Waals surface area (Å²) in [6, 6.07) is 14.5. The highest BCUT2D eigenvalue weighted by Gasteiger charge is 2.38. The summed E-state index contributed by atoms with van der Waals surface area (Å²) in [6.07, 6.45) is 1.46. The fourth-order valence-corrected chi connectivity index (χ4v) is 5.12. The molecule has 2 aromatic rings. The van der Waals surface area contributed by atoms with Crippen molar-refractivity contribution in [1.82, 2.24) is 0 Å². The van der Waals surface area contributed by atoms with Crippen LogP contribution in [0.4, 0.5) is 0 Å². The molecular weight excluding hydrogens is 387 g/mol. The standard InChI is InChI=1S/C27H37O2P/c1-18(17-30-29)16-27(7,8)24(21-12-10-9-11-13-21)25(28)23-19(2)14-22(15-20(23)3)26(4,5)6/h9-15,18,24H,16-17H2,1-8H3. The van der Waals surface area contributed by atoms with Gasteiger partial charge in [-0.15, -0.1) is 0 Å². The Kier molecular flexibility index (Phi) is 7.80. The topological polar surface area (TPSA) is 34.1 Å². The summed E-state index contributed by atoms with van der Waals surface area (Å²) >= 11 is 0. The summed E-state index contributed by atoms with van der Waals surface area (Å²) in [7, 11) is 0.171. The number of hydrogen-bond donors (Lipinski definition) is 0. The van der Waals surface area contributed by atoms with E-state index >= 15 is 0 Å². The molecule has 0 saturated carbocycles. The zero-order chi connectivity index (χ0) is 22.7. The lowest BCUT2D eigenvalue weighted by molar-refractivity contribution is 0.0863. The molecule has 2 atom stereocenters. The van der Waals surface area contributed by atoms with E-state index in [1.165, 1.54) is 5.56 Å². The van der Waals surface area contributed by atoms with E-state index in [4.69, 9.17) is 0 Å². The molecule has 2 nitrogen and oxygen atoms in total. The third-order valence-electron chi connectivity index (χ3n) is 6.08. The van der Waals surface area contributed by atoms with Gasteiger partial charge in [0.2, 0.25) is 0 Å². The van der Waals surface area contributed by atoms with Crippen molar-refractivity contribution in [3.8, 4) is 0 Å². The molecule has 0 heterocycles. The highest BCUT2D eigenvalue weighted by molar-refractivity contribution is 7.23. The average molecular weight is 425 g/mol. The third-order valence-corrected chi connectivity index (χ3v) is 6.85. The van der Waals surface area contributed by atoms with Gasteiger partial charge in [-0.1, -0.05) is 84.0 Å². The molecule has 0 spiro atoms. The van der Waals surface area contributed by atoms with Crippen LogP contribution >= 0.6 is 8.46 Å². The normalized spacial score (nSPS) is 14.5. The molecule has 2 aromatic carbocycles. The average Bonchev–Trinajstić information content (AvgIpc) is 2.60. The molecule has 0 N–H and O–H groups in total. The van der Waals surface area contributed by atoms with Gasteiger partial charge in [0.1, 0.15) is 0 Å². The summed E-state index contributed by atoms with van der Waals surface area (Å²) < 4.78 is 11.1. The lowest BCUT2D eigenvalue weighted by Crippen LogP contribution is -2.32. The highest BCUT2D eigenvalue weighted by Crippen LogP contribution is 2.44. The Morgan fingerprint density at radius 2 is 1.50 bits per heavy atom. The van der Waals surface area contributed by atoms with Crippen molar-refractivity contribution in [1.29, 1.82) is 0 Å². The predicted octanol–water partition coefficient (Wildman–Crippen LogP) is 7.91. The van der Waals surface area contributed by atoms with E-state index in [0.29, 0.717) is 6.16 Å². The SMILES string of the molecule is Cc1cc(C(C)(C)C)cc(C)c1C(=O)C(c1ccccc1)C(C)(C)CC(C)CP=O. The van der Waals surface area contributed by atoms with E-state index in [1.54, 1.807) is 0 Å². The van der Waals surface area contributed by atoms with Gasteiger partial charge in [-0.25, -0.2) is 0 Å². The van der Waals surface area contributed by atoms with Crippen LogP contribution in [0.5, 0.6) is 0 Å². The lowest BCUT2D eigenvalue weighted by Gasteiger charge is -2.36. The van der Waals surface area contributed by atoms with Gasteiger partial charge < -0.3 is 0 Å². The lowest BCUT2D eigenvalue weighted by atomic mass is 9.66. The molecule has 0 amide bonds. The van der Waals surface area contributed by atoms with E-state index in [9.17, 15) is 9.36 Å². The van der Waals surface area contributed by atoms with Gasteiger partial charge in [-0.05, 0) is 59.3 Å². The van der Waals surface area contributed by atoms with E-state index < -0.39 is 0 Å². The number of aryl methyl sites for hydroxylation is 2. The molecule has 0 radical (unpaired) electrons. The number of benzene rings is 2. The van der Waals surface area contributed by atoms with Crippen LogP contribution in [0.1, 0.15) is 86.5 Å². The number of Topliss-reactive ketones (excluding diaryl/α,β-unsaturated/α-hetero) is 1. The molecule has 0 aliphatic carbocycles. The Morgan fingerprint density at radius 1 is 0.967 bits per heavy atom. The Hall–Kier alpha value is -1.79. The van der Waals surface area contributed by atoms with E-state index in [2.05, 4.69) is 79.7 Å². The highest BCUT2D eigenvalue weighted by atomic mass is 31.1. The molecule has 0 bridgehead atoms. The number of carbonyl (C=O) groups excluding carboxylic acids is 1. The van der Waals surface area contributed by atoms with Crippen molar-refractivity contribution in [2.75, 3.05) is 6.16 Å². The summed E-state index contributed by atoms with van der Waals surface area (Å²) in [4.78, 5) is 14.1. The molecule has 162 valence electrons. The van der Waals surface area contributed by atoms with Crippen LogP contribution in [0.15, 0.2) is 42.5 Å². The minimum Gasteiger partial charge on any atom is -0.293 e. The van der Waals surface area contributed by atoms with Crippen LogP contribution in [0, 0.1) is 25.2 Å². The maximum absolute atomic E-state index is 14.1. The second-order valence-electron chi connectivity index (χ2n) is 10.6. The van der Waals surface area contributed by atoms with Crippen molar-refractivity contribution >= 4 is 14.2 Å². The van der Waals surface area contributed by atoms with E-state index in [1.807, 2.05) is 18.2 Å². The molecule has 0 fully saturated rings. The van der Waals surface area contributed by atoms with Crippen molar-refractivity contribution in [3.05, 3.63) is 70.3 Å². The van der Waals surface area contributed by atoms with E-state index in [0.717, 1.165) is 28.7 Å². The number of ketones is 1. The first-order valence-corrected chi connectivity index (χ1v) is 11.9. The minimum atomic E-state index is -0.260. The first-order chi connectivity index (χ1) is 13.9. The molecule has 0 aromatic heterocycles. The molecule has 2 unspecified atom stereocenters. The second-order valence-corrected chi connectivity index (χ2v) is 11.2. The van der Waals surface area contributed by atoms with Gasteiger partial charge in [-0.3, -0.25) is 9.36 Å². The molecule has 0 saturated heterocycles. The smallest absolute Gasteiger partial charge is 0.171 e. The fraction of sp³-hybridized carbons (Fsp3) is 0.519. The molecule has 30 heavy (non-hydrogen) atoms. The zero-order valence-corrected chi connectivity index (χ0v) is 20.8. The molecule has 0 aliphatic heterocycles. The third kappa shape index (κ3) is 5.67. The van der Waals surface area contributed by atoms with Gasteiger partial charge in [-0.2, -0.15) is 0 Å². The molecule has 2 rings (SSSR count). The van der Waals surface area contributed by atoms with Crippen LogP contribution in [0.3, 0.4) is 0 Å². The number of rotatable bonds is 8. The molecule has 0 aliphatic rings. The van der Waals surface area contributed by atoms with Crippen LogP contribution in [0.2, 0.25) is 0 Å². The Morgan fingerprint density at radius 3 is 1.97 bits per heavy atom. The first kappa shape index (κ1) is 24.5. The summed E-state index contributed by atoms with van der Waals surface area (Å²) in [5, 5.41) is 0. The predicted molar refractivity (Wildman–Crippen MR) is 128 cm³/mol. The largest absolute Gasteiger partial charge is 0.293 e. The van der Waals surface area contributed by atoms with Gasteiger partial charge in [0.05, 0.1) is 5.92 Å². The van der Waals surface area contributed by atoms with Gasteiger partial charge in [0, 0.05) is 11.7 Å². The van der Waals surface area contributed by atoms with Crippen molar-refractivity contribution < 1.29 is 9.36 Å². The maximum Gasteiger partial charge on any atom is 0.171 e. The monoisotopic (exact) mass is 424 g/mol. The Balaban J connectivity index is 2.58. The van der Waals surface area contributed by atoms with Gasteiger partial charge >= 0.3 is 0 Å². The van der Waals surface area contributed by atoms with Crippen LogP contribution < -0.4 is 0 Å². The molecular formula is C27H37O2P. The maximum atomic E-state index is 14.1. The Bertz CT molecular complexity index is 868. The summed E-state index contributed by atoms with van der Waals surface area (Å²) in [5.41, 5.74) is 5.04. The van der Waals surface area contributed by atoms with Gasteiger partial charge in [0.15, 0.2) is 14.2 Å². The van der Waals surface area contributed by atoms with Crippen molar-refractivity contribution in [3.63, 3.8) is 0 Å². The molecule has 3 heteroatoms. The number of carbonyl (C=O) groups is 1. The van der Waals surface area contributed by atoms with Crippen molar-refractivity contribution in [2.24, 2.45) is 11.3 Å². The minimum absolute atomic E-state index is 0.0438. The van der Waals surface area contributed by atoms with Crippen molar-refractivity contribution in [2.45, 2.75) is 73.1 Å². The number of hydrogen-bond acceptors (Lipinski definition) is 2. The quantitative estimate of drug-likeness (QED) is 0.319. The zero-order valence-electron chi connectivity index (χ0n) is 19.9. The first-order valence-electron chi connectivity index (χ1n) is 10.9.